The SMILES string of the molecule is Cc1ccc([C@@H](c2sc3nc(C)nn3c2O)N2CCc3ccccc3C2)cc1. The Hall–Kier alpha value is -2.70. The number of rotatable bonds is 3. The van der Waals surface area contributed by atoms with Crippen molar-refractivity contribution in [3.8, 4) is 5.88 Å². The van der Waals surface area contributed by atoms with Gasteiger partial charge < -0.3 is 5.11 Å². The van der Waals surface area contributed by atoms with Gasteiger partial charge in [0.15, 0.2) is 0 Å². The van der Waals surface area contributed by atoms with Gasteiger partial charge in [0, 0.05) is 13.1 Å². The minimum atomic E-state index is -0.0252. The first-order chi connectivity index (χ1) is 13.6. The van der Waals surface area contributed by atoms with Crippen molar-refractivity contribution < 1.29 is 5.11 Å². The van der Waals surface area contributed by atoms with Crippen LogP contribution < -0.4 is 0 Å². The molecule has 142 valence electrons. The zero-order valence-corrected chi connectivity index (χ0v) is 16.8. The van der Waals surface area contributed by atoms with Crippen LogP contribution >= 0.6 is 11.3 Å². The molecule has 5 rings (SSSR count). The Morgan fingerprint density at radius 2 is 1.79 bits per heavy atom. The Bertz CT molecular complexity index is 1150. The van der Waals surface area contributed by atoms with Crippen LogP contribution in [0.15, 0.2) is 48.5 Å². The summed E-state index contributed by atoms with van der Waals surface area (Å²) in [7, 11) is 0. The molecule has 0 aliphatic carbocycles. The minimum Gasteiger partial charge on any atom is -0.492 e. The monoisotopic (exact) mass is 390 g/mol. The first-order valence-electron chi connectivity index (χ1n) is 9.52. The number of aryl methyl sites for hydroxylation is 2. The second-order valence-corrected chi connectivity index (χ2v) is 8.45. The van der Waals surface area contributed by atoms with E-state index < -0.39 is 0 Å². The molecule has 3 heterocycles. The highest BCUT2D eigenvalue weighted by Gasteiger charge is 2.31. The lowest BCUT2D eigenvalue weighted by Crippen LogP contribution is -2.34. The number of aromatic hydroxyl groups is 1. The van der Waals surface area contributed by atoms with Crippen molar-refractivity contribution in [2.75, 3.05) is 6.54 Å². The third-order valence-corrected chi connectivity index (χ3v) is 6.54. The molecule has 2 aromatic heterocycles. The van der Waals surface area contributed by atoms with Crippen molar-refractivity contribution >= 4 is 16.3 Å². The van der Waals surface area contributed by atoms with E-state index in [9.17, 15) is 5.11 Å². The second-order valence-electron chi connectivity index (χ2n) is 7.45. The van der Waals surface area contributed by atoms with Crippen LogP contribution in [-0.2, 0) is 13.0 Å². The average Bonchev–Trinajstić information content (AvgIpc) is 3.21. The van der Waals surface area contributed by atoms with Crippen LogP contribution in [0.1, 0.15) is 39.0 Å². The standard InChI is InChI=1S/C22H22N4OS/c1-14-7-9-17(10-8-14)19(20-21(27)26-22(28-20)23-15(2)24-26)25-12-11-16-5-3-4-6-18(16)13-25/h3-10,19,27H,11-13H2,1-2H3/t19-/m0/s1. The van der Waals surface area contributed by atoms with E-state index in [0.29, 0.717) is 5.82 Å². The molecule has 0 unspecified atom stereocenters. The third kappa shape index (κ3) is 2.89. The summed E-state index contributed by atoms with van der Waals surface area (Å²) in [5, 5.41) is 15.3. The minimum absolute atomic E-state index is 0.0252. The summed E-state index contributed by atoms with van der Waals surface area (Å²) >= 11 is 1.52. The lowest BCUT2D eigenvalue weighted by Gasteiger charge is -2.35. The Morgan fingerprint density at radius 3 is 2.54 bits per heavy atom. The van der Waals surface area contributed by atoms with Crippen molar-refractivity contribution in [1.82, 2.24) is 19.5 Å². The van der Waals surface area contributed by atoms with Gasteiger partial charge in [-0.1, -0.05) is 65.4 Å². The smallest absolute Gasteiger partial charge is 0.230 e. The number of nitrogens with zero attached hydrogens (tertiary/aromatic N) is 4. The van der Waals surface area contributed by atoms with Crippen LogP contribution in [0.2, 0.25) is 0 Å². The van der Waals surface area contributed by atoms with E-state index in [1.54, 1.807) is 4.52 Å². The molecule has 1 atom stereocenters. The number of aromatic nitrogens is 3. The van der Waals surface area contributed by atoms with Gasteiger partial charge in [-0.25, -0.2) is 4.98 Å². The Balaban J connectivity index is 1.62. The normalized spacial score (nSPS) is 15.6. The largest absolute Gasteiger partial charge is 0.492 e. The van der Waals surface area contributed by atoms with Crippen molar-refractivity contribution in [2.45, 2.75) is 32.9 Å². The lowest BCUT2D eigenvalue weighted by atomic mass is 9.95. The number of fused-ring (bicyclic) bond motifs is 2. The van der Waals surface area contributed by atoms with Crippen LogP contribution in [0.25, 0.3) is 4.96 Å². The third-order valence-electron chi connectivity index (χ3n) is 5.47. The zero-order valence-electron chi connectivity index (χ0n) is 16.0. The van der Waals surface area contributed by atoms with Crippen LogP contribution in [0, 0.1) is 13.8 Å². The van der Waals surface area contributed by atoms with E-state index in [2.05, 4.69) is 70.4 Å². The molecular formula is C22H22N4OS. The van der Waals surface area contributed by atoms with Crippen LogP contribution in [0.5, 0.6) is 5.88 Å². The summed E-state index contributed by atoms with van der Waals surface area (Å²) < 4.78 is 1.56. The van der Waals surface area contributed by atoms with E-state index in [1.165, 1.54) is 33.6 Å². The summed E-state index contributed by atoms with van der Waals surface area (Å²) in [6.07, 6.45) is 1.01. The summed E-state index contributed by atoms with van der Waals surface area (Å²) in [4.78, 5) is 8.54. The Labute approximate surface area is 167 Å². The molecule has 1 N–H and O–H groups in total. The van der Waals surface area contributed by atoms with Gasteiger partial charge in [-0.15, -0.1) is 5.10 Å². The zero-order chi connectivity index (χ0) is 19.3. The fraction of sp³-hybridized carbons (Fsp3) is 0.273. The van der Waals surface area contributed by atoms with Gasteiger partial charge in [0.2, 0.25) is 10.8 Å². The Kier molecular flexibility index (Phi) is 4.18. The molecule has 4 aromatic rings. The molecule has 1 aliphatic heterocycles. The van der Waals surface area contributed by atoms with Gasteiger partial charge in [0.05, 0.1) is 10.9 Å². The molecule has 0 bridgehead atoms. The maximum Gasteiger partial charge on any atom is 0.230 e. The van der Waals surface area contributed by atoms with Crippen molar-refractivity contribution in [2.24, 2.45) is 0 Å². The molecule has 1 aliphatic rings. The van der Waals surface area contributed by atoms with E-state index in [0.717, 1.165) is 29.3 Å². The molecule has 0 saturated heterocycles. The van der Waals surface area contributed by atoms with E-state index >= 15 is 0 Å². The maximum absolute atomic E-state index is 11.0. The van der Waals surface area contributed by atoms with Crippen LogP contribution in [0.4, 0.5) is 0 Å². The lowest BCUT2D eigenvalue weighted by molar-refractivity contribution is 0.205. The van der Waals surface area contributed by atoms with Gasteiger partial charge >= 0.3 is 0 Å². The van der Waals surface area contributed by atoms with Gasteiger partial charge in [0.25, 0.3) is 0 Å². The fourth-order valence-electron chi connectivity index (χ4n) is 4.04. The Morgan fingerprint density at radius 1 is 1.04 bits per heavy atom. The predicted molar refractivity (Wildman–Crippen MR) is 111 cm³/mol. The molecule has 2 aromatic carbocycles. The summed E-state index contributed by atoms with van der Waals surface area (Å²) in [5.74, 6) is 0.872. The molecule has 0 saturated carbocycles. The van der Waals surface area contributed by atoms with E-state index in [1.807, 2.05) is 6.92 Å². The average molecular weight is 391 g/mol. The van der Waals surface area contributed by atoms with Crippen molar-refractivity contribution in [3.05, 3.63) is 81.5 Å². The van der Waals surface area contributed by atoms with Crippen molar-refractivity contribution in [3.63, 3.8) is 0 Å². The number of hydrogen-bond acceptors (Lipinski definition) is 5. The van der Waals surface area contributed by atoms with Gasteiger partial charge in [-0.2, -0.15) is 4.52 Å². The maximum atomic E-state index is 11.0. The van der Waals surface area contributed by atoms with E-state index in [-0.39, 0.29) is 11.9 Å². The van der Waals surface area contributed by atoms with Gasteiger partial charge in [-0.3, -0.25) is 4.90 Å². The quantitative estimate of drug-likeness (QED) is 0.568. The van der Waals surface area contributed by atoms with Gasteiger partial charge in [0.1, 0.15) is 5.82 Å². The highest BCUT2D eigenvalue weighted by molar-refractivity contribution is 7.17. The van der Waals surface area contributed by atoms with Crippen LogP contribution in [-0.4, -0.2) is 31.1 Å². The summed E-state index contributed by atoms with van der Waals surface area (Å²) in [6, 6.07) is 17.2. The molecule has 6 heteroatoms. The molecule has 0 fully saturated rings. The molecule has 0 amide bonds. The first kappa shape index (κ1) is 17.4. The van der Waals surface area contributed by atoms with Crippen molar-refractivity contribution in [1.29, 1.82) is 0 Å². The number of benzene rings is 2. The van der Waals surface area contributed by atoms with Crippen LogP contribution in [0.3, 0.4) is 0 Å². The van der Waals surface area contributed by atoms with Gasteiger partial charge in [-0.05, 0) is 37.0 Å². The molecule has 5 nitrogen and oxygen atoms in total. The summed E-state index contributed by atoms with van der Waals surface area (Å²) in [6.45, 7) is 5.75. The predicted octanol–water partition coefficient (Wildman–Crippen LogP) is 4.26. The highest BCUT2D eigenvalue weighted by atomic mass is 32.1. The van der Waals surface area contributed by atoms with E-state index in [4.69, 9.17) is 0 Å². The number of thiazole rings is 1. The molecule has 28 heavy (non-hydrogen) atoms. The molecule has 0 spiro atoms. The second kappa shape index (κ2) is 6.72. The highest BCUT2D eigenvalue weighted by Crippen LogP contribution is 2.41. The molecular weight excluding hydrogens is 368 g/mol. The summed E-state index contributed by atoms with van der Waals surface area (Å²) in [5.41, 5.74) is 5.19. The first-order valence-corrected chi connectivity index (χ1v) is 10.3. The molecule has 0 radical (unpaired) electrons. The topological polar surface area (TPSA) is 53.7 Å². The number of hydrogen-bond donors (Lipinski definition) is 1. The fourth-order valence-corrected chi connectivity index (χ4v) is 5.20.